The lowest BCUT2D eigenvalue weighted by Gasteiger charge is -2.33. The van der Waals surface area contributed by atoms with Crippen molar-refractivity contribution in [2.24, 2.45) is 7.05 Å². The zero-order valence-electron chi connectivity index (χ0n) is 17.1. The van der Waals surface area contributed by atoms with Crippen LogP contribution < -0.4 is 4.90 Å². The molecule has 3 heterocycles. The summed E-state index contributed by atoms with van der Waals surface area (Å²) in [6.07, 6.45) is 3.63. The van der Waals surface area contributed by atoms with Gasteiger partial charge in [-0.05, 0) is 48.2 Å². The number of halogens is 3. The minimum atomic E-state index is -2.67. The summed E-state index contributed by atoms with van der Waals surface area (Å²) in [7, 11) is 1.75. The third kappa shape index (κ3) is 3.31. The summed E-state index contributed by atoms with van der Waals surface area (Å²) in [5.41, 5.74) is 3.26. The van der Waals surface area contributed by atoms with E-state index >= 15 is 0 Å². The van der Waals surface area contributed by atoms with Gasteiger partial charge in [0.1, 0.15) is 0 Å². The summed E-state index contributed by atoms with van der Waals surface area (Å²) in [6.45, 7) is 0.582. The molecule has 0 radical (unpaired) electrons. The van der Waals surface area contributed by atoms with Crippen LogP contribution in [0.4, 0.5) is 20.2 Å². The Kier molecular flexibility index (Phi) is 4.89. The first-order chi connectivity index (χ1) is 15.3. The molecule has 0 unspecified atom stereocenters. The first kappa shape index (κ1) is 20.5. The zero-order chi connectivity index (χ0) is 22.6. The van der Waals surface area contributed by atoms with Gasteiger partial charge < -0.3 is 15.1 Å². The molecular weight excluding hydrogens is 438 g/mol. The van der Waals surface area contributed by atoms with Gasteiger partial charge in [-0.15, -0.1) is 0 Å². The highest BCUT2D eigenvalue weighted by Crippen LogP contribution is 2.45. The third-order valence-electron chi connectivity index (χ3n) is 5.82. The number of pyridine rings is 1. The van der Waals surface area contributed by atoms with Crippen LogP contribution in [0, 0.1) is 0 Å². The van der Waals surface area contributed by atoms with E-state index in [4.69, 9.17) is 11.6 Å². The maximum atomic E-state index is 14.1. The molecule has 32 heavy (non-hydrogen) atoms. The number of hydrogen-bond donors (Lipinski definition) is 2. The summed E-state index contributed by atoms with van der Waals surface area (Å²) in [6, 6.07) is 6.60. The smallest absolute Gasteiger partial charge is 0.264 e. The van der Waals surface area contributed by atoms with E-state index in [1.807, 2.05) is 11.0 Å². The van der Waals surface area contributed by atoms with E-state index in [9.17, 15) is 19.0 Å². The van der Waals surface area contributed by atoms with E-state index in [1.165, 1.54) is 18.3 Å². The normalized spacial score (nSPS) is 13.7. The summed E-state index contributed by atoms with van der Waals surface area (Å²) in [5.74, 6) is -0.866. The number of fused-ring (bicyclic) bond motifs is 2. The first-order valence-corrected chi connectivity index (χ1v) is 10.4. The van der Waals surface area contributed by atoms with Gasteiger partial charge in [0.25, 0.3) is 12.3 Å². The van der Waals surface area contributed by atoms with Gasteiger partial charge in [0, 0.05) is 58.6 Å². The van der Waals surface area contributed by atoms with Crippen molar-refractivity contribution in [1.29, 1.82) is 0 Å². The van der Waals surface area contributed by atoms with Crippen molar-refractivity contribution < 1.29 is 19.0 Å². The maximum Gasteiger partial charge on any atom is 0.264 e. The van der Waals surface area contributed by atoms with Crippen LogP contribution in [-0.2, 0) is 13.5 Å². The Morgan fingerprint density at radius 3 is 2.59 bits per heavy atom. The molecule has 0 aliphatic carbocycles. The number of aryl methyl sites for hydroxylation is 2. The Labute approximate surface area is 187 Å². The van der Waals surface area contributed by atoms with Gasteiger partial charge in [-0.25, -0.2) is 13.8 Å². The van der Waals surface area contributed by atoms with Crippen molar-refractivity contribution in [2.45, 2.75) is 19.3 Å². The minimum absolute atomic E-state index is 0.0754. The number of rotatable bonds is 3. The molecule has 0 saturated carbocycles. The number of aromatic hydroxyl groups is 2. The molecule has 2 aromatic heterocycles. The zero-order valence-corrected chi connectivity index (χ0v) is 17.8. The SMILES string of the molecule is Cn1cc(-c2cc3c(cc2C(F)F)N(c2cc(Cl)cc4c(O)c(O)ncc24)CCC3)cn1. The molecule has 6 nitrogen and oxygen atoms in total. The highest BCUT2D eigenvalue weighted by molar-refractivity contribution is 6.32. The number of hydrogen-bond acceptors (Lipinski definition) is 5. The fourth-order valence-corrected chi connectivity index (χ4v) is 4.57. The fourth-order valence-electron chi connectivity index (χ4n) is 4.36. The van der Waals surface area contributed by atoms with Crippen LogP contribution in [0.15, 0.2) is 42.9 Å². The molecule has 0 fully saturated rings. The average Bonchev–Trinajstić information content (AvgIpc) is 3.21. The van der Waals surface area contributed by atoms with Crippen molar-refractivity contribution in [3.05, 3.63) is 59.0 Å². The van der Waals surface area contributed by atoms with E-state index in [0.717, 1.165) is 18.4 Å². The highest BCUT2D eigenvalue weighted by Gasteiger charge is 2.26. The molecule has 164 valence electrons. The van der Waals surface area contributed by atoms with Crippen molar-refractivity contribution in [3.8, 4) is 22.8 Å². The Morgan fingerprint density at radius 2 is 1.88 bits per heavy atom. The van der Waals surface area contributed by atoms with Crippen LogP contribution in [-0.4, -0.2) is 31.5 Å². The lowest BCUT2D eigenvalue weighted by Crippen LogP contribution is -2.25. The molecule has 0 bridgehead atoms. The van der Waals surface area contributed by atoms with Gasteiger partial charge in [0.15, 0.2) is 5.75 Å². The number of nitrogens with zero attached hydrogens (tertiary/aromatic N) is 4. The van der Waals surface area contributed by atoms with Crippen LogP contribution in [0.25, 0.3) is 21.9 Å². The van der Waals surface area contributed by atoms with E-state index in [-0.39, 0.29) is 11.3 Å². The van der Waals surface area contributed by atoms with Gasteiger partial charge in [0.2, 0.25) is 0 Å². The van der Waals surface area contributed by atoms with Gasteiger partial charge in [-0.2, -0.15) is 5.10 Å². The van der Waals surface area contributed by atoms with Gasteiger partial charge in [-0.1, -0.05) is 11.6 Å². The Hall–Kier alpha value is -3.39. The number of anilines is 2. The standard InChI is InChI=1S/C23H19ClF2N4O2/c1-29-11-13(9-28-29)15-5-12-3-2-4-30(19(12)8-17(15)22(25)26)20-7-14(24)6-16-18(20)10-27-23(32)21(16)31/h5-11,22,31H,2-4H2,1H3,(H,27,32). The Morgan fingerprint density at radius 1 is 1.06 bits per heavy atom. The summed E-state index contributed by atoms with van der Waals surface area (Å²) in [4.78, 5) is 5.78. The predicted molar refractivity (Wildman–Crippen MR) is 119 cm³/mol. The number of alkyl halides is 2. The molecule has 0 amide bonds. The molecule has 4 aromatic rings. The highest BCUT2D eigenvalue weighted by atomic mass is 35.5. The van der Waals surface area contributed by atoms with Crippen LogP contribution in [0.1, 0.15) is 24.0 Å². The van der Waals surface area contributed by atoms with Crippen molar-refractivity contribution in [1.82, 2.24) is 14.8 Å². The van der Waals surface area contributed by atoms with Crippen molar-refractivity contribution >= 4 is 33.7 Å². The van der Waals surface area contributed by atoms with Crippen LogP contribution in [0.3, 0.4) is 0 Å². The molecule has 2 aromatic carbocycles. The minimum Gasteiger partial charge on any atom is -0.503 e. The third-order valence-corrected chi connectivity index (χ3v) is 6.04. The van der Waals surface area contributed by atoms with Crippen LogP contribution in [0.5, 0.6) is 11.6 Å². The fraction of sp³-hybridized carbons (Fsp3) is 0.217. The molecule has 9 heteroatoms. The monoisotopic (exact) mass is 456 g/mol. The second-order valence-corrected chi connectivity index (χ2v) is 8.28. The van der Waals surface area contributed by atoms with Crippen molar-refractivity contribution in [3.63, 3.8) is 0 Å². The van der Waals surface area contributed by atoms with E-state index in [2.05, 4.69) is 10.1 Å². The lowest BCUT2D eigenvalue weighted by atomic mass is 9.92. The molecular formula is C23H19ClF2N4O2. The van der Waals surface area contributed by atoms with Crippen LogP contribution in [0.2, 0.25) is 5.02 Å². The molecule has 1 aliphatic heterocycles. The van der Waals surface area contributed by atoms with Gasteiger partial charge in [-0.3, -0.25) is 4.68 Å². The van der Waals surface area contributed by atoms with E-state index in [0.29, 0.717) is 44.8 Å². The molecule has 0 saturated heterocycles. The average molecular weight is 457 g/mol. The van der Waals surface area contributed by atoms with Crippen molar-refractivity contribution in [2.75, 3.05) is 11.4 Å². The number of benzene rings is 2. The van der Waals surface area contributed by atoms with Gasteiger partial charge >= 0.3 is 0 Å². The van der Waals surface area contributed by atoms with E-state index < -0.39 is 12.3 Å². The predicted octanol–water partition coefficient (Wildman–Crippen LogP) is 5.72. The molecule has 0 spiro atoms. The number of aromatic nitrogens is 3. The summed E-state index contributed by atoms with van der Waals surface area (Å²) >= 11 is 6.31. The topological polar surface area (TPSA) is 74.4 Å². The summed E-state index contributed by atoms with van der Waals surface area (Å²) in [5, 5.41) is 25.5. The Balaban J connectivity index is 1.72. The molecule has 0 atom stereocenters. The largest absolute Gasteiger partial charge is 0.503 e. The second-order valence-electron chi connectivity index (χ2n) is 7.84. The maximum absolute atomic E-state index is 14.1. The molecule has 5 rings (SSSR count). The second kappa shape index (κ2) is 7.63. The quantitative estimate of drug-likeness (QED) is 0.412. The molecule has 1 aliphatic rings. The molecule has 2 N–H and O–H groups in total. The Bertz CT molecular complexity index is 1360. The summed E-state index contributed by atoms with van der Waals surface area (Å²) < 4.78 is 29.8. The van der Waals surface area contributed by atoms with Gasteiger partial charge in [0.05, 0.1) is 11.9 Å². The lowest BCUT2D eigenvalue weighted by molar-refractivity contribution is 0.152. The van der Waals surface area contributed by atoms with Crippen LogP contribution >= 0.6 is 11.6 Å². The first-order valence-electron chi connectivity index (χ1n) is 10.0. The van der Waals surface area contributed by atoms with E-state index in [1.54, 1.807) is 30.2 Å².